The number of nitrogens with zero attached hydrogens (tertiary/aromatic N) is 3. The third-order valence-corrected chi connectivity index (χ3v) is 6.23. The number of allylic oxidation sites excluding steroid dienone is 1. The van der Waals surface area contributed by atoms with Crippen molar-refractivity contribution in [3.8, 4) is 0 Å². The van der Waals surface area contributed by atoms with Crippen molar-refractivity contribution in [3.05, 3.63) is 59.1 Å². The van der Waals surface area contributed by atoms with Crippen molar-refractivity contribution in [1.82, 2.24) is 14.9 Å². The predicted octanol–water partition coefficient (Wildman–Crippen LogP) is 3.32. The highest BCUT2D eigenvalue weighted by atomic mass is 32.1. The largest absolute Gasteiger partial charge is 0.381 e. The SMILES string of the molecule is NC1=NC=C(c2csc3ccccc23)Cn2cc([C@H]3CCCNC3)nc21. The van der Waals surface area contributed by atoms with Crippen LogP contribution < -0.4 is 11.1 Å². The maximum Gasteiger partial charge on any atom is 0.176 e. The molecule has 3 N–H and O–H groups in total. The molecule has 2 aromatic heterocycles. The summed E-state index contributed by atoms with van der Waals surface area (Å²) in [6.07, 6.45) is 6.45. The Morgan fingerprint density at radius 1 is 1.27 bits per heavy atom. The van der Waals surface area contributed by atoms with E-state index in [0.29, 0.717) is 11.8 Å². The molecule has 2 aliphatic heterocycles. The molecule has 4 heterocycles. The van der Waals surface area contributed by atoms with E-state index in [1.165, 1.54) is 34.1 Å². The van der Waals surface area contributed by atoms with E-state index in [-0.39, 0.29) is 0 Å². The first-order valence-corrected chi connectivity index (χ1v) is 9.94. The predicted molar refractivity (Wildman–Crippen MR) is 108 cm³/mol. The lowest BCUT2D eigenvalue weighted by atomic mass is 9.97. The molecule has 1 atom stereocenters. The molecule has 2 aliphatic rings. The Bertz CT molecular complexity index is 1020. The van der Waals surface area contributed by atoms with E-state index in [2.05, 4.69) is 50.7 Å². The van der Waals surface area contributed by atoms with Crippen molar-refractivity contribution in [3.63, 3.8) is 0 Å². The van der Waals surface area contributed by atoms with Crippen molar-refractivity contribution < 1.29 is 0 Å². The Labute approximate surface area is 156 Å². The number of benzene rings is 1. The van der Waals surface area contributed by atoms with Gasteiger partial charge in [-0.25, -0.2) is 9.98 Å². The summed E-state index contributed by atoms with van der Waals surface area (Å²) >= 11 is 1.77. The van der Waals surface area contributed by atoms with Gasteiger partial charge in [-0.2, -0.15) is 0 Å². The summed E-state index contributed by atoms with van der Waals surface area (Å²) in [6.45, 7) is 2.84. The van der Waals surface area contributed by atoms with E-state index in [9.17, 15) is 0 Å². The van der Waals surface area contributed by atoms with Gasteiger partial charge in [0.05, 0.1) is 12.2 Å². The number of piperidine rings is 1. The van der Waals surface area contributed by atoms with E-state index in [1.807, 2.05) is 6.20 Å². The minimum Gasteiger partial charge on any atom is -0.381 e. The van der Waals surface area contributed by atoms with E-state index in [4.69, 9.17) is 10.7 Å². The van der Waals surface area contributed by atoms with Crippen LogP contribution >= 0.6 is 11.3 Å². The van der Waals surface area contributed by atoms with Crippen LogP contribution in [-0.2, 0) is 6.54 Å². The van der Waals surface area contributed by atoms with Crippen LogP contribution in [0.25, 0.3) is 15.7 Å². The van der Waals surface area contributed by atoms with Gasteiger partial charge in [-0.05, 0) is 42.0 Å². The number of amidine groups is 1. The molecule has 3 aromatic rings. The van der Waals surface area contributed by atoms with Crippen LogP contribution in [0.2, 0.25) is 0 Å². The number of hydrogen-bond donors (Lipinski definition) is 2. The van der Waals surface area contributed by atoms with Gasteiger partial charge in [0.25, 0.3) is 0 Å². The number of nitrogens with two attached hydrogens (primary N) is 1. The zero-order valence-corrected chi connectivity index (χ0v) is 15.3. The first-order valence-electron chi connectivity index (χ1n) is 9.06. The van der Waals surface area contributed by atoms with Crippen LogP contribution in [0.5, 0.6) is 0 Å². The van der Waals surface area contributed by atoms with Crippen LogP contribution in [0, 0.1) is 0 Å². The van der Waals surface area contributed by atoms with Crippen molar-refractivity contribution in [2.24, 2.45) is 10.7 Å². The first-order chi connectivity index (χ1) is 12.8. The van der Waals surface area contributed by atoms with Gasteiger partial charge in [0.1, 0.15) is 0 Å². The number of thiophene rings is 1. The Balaban J connectivity index is 1.53. The molecule has 6 heteroatoms. The Kier molecular flexibility index (Phi) is 3.87. The zero-order chi connectivity index (χ0) is 17.5. The van der Waals surface area contributed by atoms with Gasteiger partial charge in [0.2, 0.25) is 0 Å². The molecular formula is C20H21N5S. The van der Waals surface area contributed by atoms with E-state index < -0.39 is 0 Å². The standard InChI is InChI=1S/C20H21N5S/c21-19-20-24-17(13-4-3-7-22-8-13)11-25(20)10-14(9-23-19)16-12-26-18-6-2-1-5-15(16)18/h1-2,5-6,9,11-13,22H,3-4,7-8,10H2,(H2,21,23)/t13-/m0/s1. The van der Waals surface area contributed by atoms with Crippen molar-refractivity contribution in [2.45, 2.75) is 25.3 Å². The number of aromatic nitrogens is 2. The zero-order valence-electron chi connectivity index (χ0n) is 14.5. The summed E-state index contributed by atoms with van der Waals surface area (Å²) in [4.78, 5) is 9.34. The Hall–Kier alpha value is -2.44. The smallest absolute Gasteiger partial charge is 0.176 e. The lowest BCUT2D eigenvalue weighted by Crippen LogP contribution is -2.28. The average molecular weight is 363 g/mol. The molecule has 132 valence electrons. The Morgan fingerprint density at radius 2 is 2.19 bits per heavy atom. The lowest BCUT2D eigenvalue weighted by molar-refractivity contribution is 0.455. The van der Waals surface area contributed by atoms with Crippen LogP contribution in [0.1, 0.15) is 35.8 Å². The van der Waals surface area contributed by atoms with Crippen molar-refractivity contribution >= 4 is 32.8 Å². The maximum atomic E-state index is 6.23. The normalized spacial score (nSPS) is 20.4. The molecule has 5 rings (SSSR count). The molecule has 26 heavy (non-hydrogen) atoms. The van der Waals surface area contributed by atoms with E-state index in [0.717, 1.165) is 31.2 Å². The topological polar surface area (TPSA) is 68.2 Å². The first kappa shape index (κ1) is 15.8. The van der Waals surface area contributed by atoms with Crippen LogP contribution in [0.3, 0.4) is 0 Å². The average Bonchev–Trinajstić information content (AvgIpc) is 3.27. The second-order valence-electron chi connectivity index (χ2n) is 6.97. The van der Waals surface area contributed by atoms with Gasteiger partial charge < -0.3 is 15.6 Å². The highest BCUT2D eigenvalue weighted by Gasteiger charge is 2.23. The summed E-state index contributed by atoms with van der Waals surface area (Å²) in [7, 11) is 0. The third kappa shape index (κ3) is 2.66. The molecule has 1 saturated heterocycles. The maximum absolute atomic E-state index is 6.23. The van der Waals surface area contributed by atoms with Crippen LogP contribution in [-0.4, -0.2) is 28.5 Å². The summed E-state index contributed by atoms with van der Waals surface area (Å²) in [5.41, 5.74) is 9.77. The third-order valence-electron chi connectivity index (χ3n) is 5.27. The lowest BCUT2D eigenvalue weighted by Gasteiger charge is -2.20. The molecule has 0 bridgehead atoms. The molecule has 0 spiro atoms. The van der Waals surface area contributed by atoms with Gasteiger partial charge in [-0.3, -0.25) is 0 Å². The molecule has 0 aliphatic carbocycles. The number of hydrogen-bond acceptors (Lipinski definition) is 5. The van der Waals surface area contributed by atoms with Gasteiger partial charge in [0, 0.05) is 34.9 Å². The molecular weight excluding hydrogens is 342 g/mol. The minimum atomic E-state index is 0.463. The number of imidazole rings is 1. The molecule has 5 nitrogen and oxygen atoms in total. The number of rotatable bonds is 2. The fourth-order valence-electron chi connectivity index (χ4n) is 3.87. The quantitative estimate of drug-likeness (QED) is 0.734. The van der Waals surface area contributed by atoms with Crippen LogP contribution in [0.4, 0.5) is 0 Å². The second-order valence-corrected chi connectivity index (χ2v) is 7.89. The fraction of sp³-hybridized carbons (Fsp3) is 0.300. The van der Waals surface area contributed by atoms with Crippen LogP contribution in [0.15, 0.2) is 47.0 Å². The highest BCUT2D eigenvalue weighted by Crippen LogP contribution is 2.33. The van der Waals surface area contributed by atoms with E-state index in [1.54, 1.807) is 11.3 Å². The Morgan fingerprint density at radius 3 is 3.08 bits per heavy atom. The van der Waals surface area contributed by atoms with Gasteiger partial charge in [-0.15, -0.1) is 11.3 Å². The van der Waals surface area contributed by atoms with Gasteiger partial charge >= 0.3 is 0 Å². The molecule has 0 saturated carbocycles. The van der Waals surface area contributed by atoms with Crippen molar-refractivity contribution in [1.29, 1.82) is 0 Å². The number of nitrogens with one attached hydrogen (secondary N) is 1. The van der Waals surface area contributed by atoms with E-state index >= 15 is 0 Å². The summed E-state index contributed by atoms with van der Waals surface area (Å²) in [5.74, 6) is 1.75. The molecule has 0 amide bonds. The van der Waals surface area contributed by atoms with Gasteiger partial charge in [-0.1, -0.05) is 18.2 Å². The summed E-state index contributed by atoms with van der Waals surface area (Å²) in [5, 5.41) is 6.96. The number of aliphatic imine (C=N–C) groups is 1. The van der Waals surface area contributed by atoms with Crippen molar-refractivity contribution in [2.75, 3.05) is 13.1 Å². The highest BCUT2D eigenvalue weighted by molar-refractivity contribution is 7.17. The monoisotopic (exact) mass is 363 g/mol. The summed E-state index contributed by atoms with van der Waals surface area (Å²) < 4.78 is 3.46. The fourth-order valence-corrected chi connectivity index (χ4v) is 4.86. The molecule has 0 radical (unpaired) electrons. The molecule has 1 aromatic carbocycles. The second kappa shape index (κ2) is 6.37. The summed E-state index contributed by atoms with van der Waals surface area (Å²) in [6, 6.07) is 8.51. The molecule has 0 unspecified atom stereocenters. The number of fused-ring (bicyclic) bond motifs is 2. The minimum absolute atomic E-state index is 0.463. The molecule has 1 fully saturated rings. The van der Waals surface area contributed by atoms with Gasteiger partial charge in [0.15, 0.2) is 11.7 Å².